The van der Waals surface area contributed by atoms with Gasteiger partial charge in [-0.2, -0.15) is 4.83 Å². The van der Waals surface area contributed by atoms with Crippen molar-refractivity contribution in [1.82, 2.24) is 25.4 Å². The molecule has 2 atom stereocenters. The number of fused-ring (bicyclic) bond motifs is 1. The number of methoxy groups -OCH3 is 1. The van der Waals surface area contributed by atoms with Crippen LogP contribution in [-0.4, -0.2) is 39.5 Å². The minimum atomic E-state index is -4.06. The summed E-state index contributed by atoms with van der Waals surface area (Å²) in [7, 11) is -2.41. The van der Waals surface area contributed by atoms with E-state index in [-0.39, 0.29) is 23.3 Å². The van der Waals surface area contributed by atoms with Crippen LogP contribution in [0, 0.1) is 0 Å². The van der Waals surface area contributed by atoms with Gasteiger partial charge in [0, 0.05) is 17.2 Å². The monoisotopic (exact) mass is 667 g/mol. The summed E-state index contributed by atoms with van der Waals surface area (Å²) >= 11 is 11.1. The Morgan fingerprint density at radius 3 is 2.43 bits per heavy atom. The van der Waals surface area contributed by atoms with Crippen LogP contribution in [0.5, 0.6) is 0 Å². The Kier molecular flexibility index (Phi) is 9.67. The number of hydrogen-bond donors (Lipinski definition) is 3. The van der Waals surface area contributed by atoms with Gasteiger partial charge in [-0.15, -0.1) is 21.5 Å². The Hall–Kier alpha value is -2.79. The predicted octanol–water partition coefficient (Wildman–Crippen LogP) is 5.23. The molecule has 3 aromatic carbocycles. The lowest BCUT2D eigenvalue weighted by Crippen LogP contribution is -2.32. The molecule has 220 valence electrons. The molecule has 0 saturated heterocycles. The van der Waals surface area contributed by atoms with Gasteiger partial charge in [-0.05, 0) is 52.6 Å². The number of hydrazine groups is 1. The van der Waals surface area contributed by atoms with E-state index >= 15 is 0 Å². The molecule has 2 aromatic heterocycles. The van der Waals surface area contributed by atoms with Crippen LogP contribution >= 0.6 is 34.5 Å². The maximum atomic E-state index is 13.9. The van der Waals surface area contributed by atoms with E-state index in [1.54, 1.807) is 7.11 Å². The molecule has 2 heterocycles. The van der Waals surface area contributed by atoms with Crippen LogP contribution in [0.15, 0.2) is 65.1 Å². The summed E-state index contributed by atoms with van der Waals surface area (Å²) in [6.07, 6.45) is 0. The number of thiazole rings is 1. The molecule has 11 nitrogen and oxygen atoms in total. The van der Waals surface area contributed by atoms with Gasteiger partial charge in [0.15, 0.2) is 15.1 Å². The number of nitrogens with one attached hydrogen (secondary N) is 2. The largest absolute Gasteiger partial charge is 0.422 e. The maximum absolute atomic E-state index is 13.9. The number of nitrogens with zero attached hydrogens (tertiary/aromatic N) is 3. The van der Waals surface area contributed by atoms with Gasteiger partial charge >= 0.3 is 0 Å². The normalized spacial score (nSPS) is 13.4. The summed E-state index contributed by atoms with van der Waals surface area (Å²) in [5, 5.41) is 7.33. The molecule has 0 amide bonds. The van der Waals surface area contributed by atoms with Gasteiger partial charge in [-0.3, -0.25) is 4.55 Å². The first-order valence-electron chi connectivity index (χ1n) is 12.2. The predicted molar refractivity (Wildman–Crippen MR) is 162 cm³/mol. The summed E-state index contributed by atoms with van der Waals surface area (Å²) in [5.41, 5.74) is 6.41. The van der Waals surface area contributed by atoms with Crippen LogP contribution in [0.25, 0.3) is 21.3 Å². The number of ether oxygens (including phenoxy) is 1. The average molecular weight is 669 g/mol. The van der Waals surface area contributed by atoms with E-state index in [9.17, 15) is 12.6 Å². The maximum Gasteiger partial charge on any atom is 0.245 e. The van der Waals surface area contributed by atoms with E-state index in [4.69, 9.17) is 36.9 Å². The van der Waals surface area contributed by atoms with Crippen molar-refractivity contribution in [3.8, 4) is 11.1 Å². The Labute approximate surface area is 257 Å². The van der Waals surface area contributed by atoms with Crippen molar-refractivity contribution >= 4 is 65.9 Å². The zero-order chi connectivity index (χ0) is 29.9. The summed E-state index contributed by atoms with van der Waals surface area (Å²) in [4.78, 5) is 6.72. The van der Waals surface area contributed by atoms with Crippen molar-refractivity contribution in [2.45, 2.75) is 24.2 Å². The summed E-state index contributed by atoms with van der Waals surface area (Å²) in [6, 6.07) is 18.2. The molecule has 0 saturated carbocycles. The molecule has 16 heteroatoms. The van der Waals surface area contributed by atoms with Crippen LogP contribution in [0.4, 0.5) is 0 Å². The first-order chi connectivity index (χ1) is 20.1. The van der Waals surface area contributed by atoms with Crippen LogP contribution in [0.2, 0.25) is 10.0 Å². The smallest absolute Gasteiger partial charge is 0.245 e. The third kappa shape index (κ3) is 7.40. The summed E-state index contributed by atoms with van der Waals surface area (Å²) in [5.74, 6) is -0.624. The number of benzene rings is 3. The fraction of sp³-hybridized carbons (Fsp3) is 0.192. The van der Waals surface area contributed by atoms with Crippen molar-refractivity contribution in [3.63, 3.8) is 0 Å². The van der Waals surface area contributed by atoms with Crippen molar-refractivity contribution < 1.29 is 26.3 Å². The highest BCUT2D eigenvalue weighted by atomic mass is 35.5. The van der Waals surface area contributed by atoms with Gasteiger partial charge in [-0.25, -0.2) is 23.0 Å². The van der Waals surface area contributed by atoms with Crippen LogP contribution < -0.4 is 10.3 Å². The molecule has 3 N–H and O–H groups in total. The fourth-order valence-electron chi connectivity index (χ4n) is 4.23. The molecule has 42 heavy (non-hydrogen) atoms. The summed E-state index contributed by atoms with van der Waals surface area (Å²) in [6.45, 7) is 0.377. The lowest BCUT2D eigenvalue weighted by atomic mass is 10.0. The van der Waals surface area contributed by atoms with E-state index in [1.807, 2.05) is 42.5 Å². The van der Waals surface area contributed by atoms with Crippen molar-refractivity contribution in [2.24, 2.45) is 0 Å². The molecule has 0 spiro atoms. The second-order valence-corrected chi connectivity index (χ2v) is 13.8. The first-order valence-corrected chi connectivity index (χ1v) is 16.6. The molecule has 0 aliphatic rings. The topological polar surface area (TPSA) is 157 Å². The molecular weight excluding hydrogens is 645 g/mol. The minimum absolute atomic E-state index is 0.00531. The van der Waals surface area contributed by atoms with Crippen LogP contribution in [0.1, 0.15) is 33.2 Å². The molecule has 5 aromatic rings. The third-order valence-corrected chi connectivity index (χ3v) is 9.85. The molecule has 0 fully saturated rings. The number of hydrogen-bond acceptors (Lipinski definition) is 10. The van der Waals surface area contributed by atoms with Gasteiger partial charge < -0.3 is 9.15 Å². The molecule has 0 aliphatic heterocycles. The van der Waals surface area contributed by atoms with E-state index in [1.165, 1.54) is 29.5 Å². The van der Waals surface area contributed by atoms with E-state index in [0.717, 1.165) is 21.4 Å². The number of rotatable bonds is 12. The van der Waals surface area contributed by atoms with Crippen LogP contribution in [0.3, 0.4) is 0 Å². The van der Waals surface area contributed by atoms with Crippen LogP contribution in [-0.2, 0) is 44.7 Å². The second-order valence-electron chi connectivity index (χ2n) is 9.07. The van der Waals surface area contributed by atoms with Gasteiger partial charge in [0.1, 0.15) is 5.01 Å². The number of aromatic nitrogens is 3. The zero-order valence-electron chi connectivity index (χ0n) is 21.8. The molecule has 0 aliphatic carbocycles. The van der Waals surface area contributed by atoms with Gasteiger partial charge in [0.25, 0.3) is 0 Å². The van der Waals surface area contributed by atoms with Crippen molar-refractivity contribution in [3.05, 3.63) is 98.6 Å². The molecule has 5 rings (SSSR count). The van der Waals surface area contributed by atoms with Gasteiger partial charge in [-0.1, -0.05) is 53.5 Å². The number of halogens is 2. The molecule has 0 radical (unpaired) electrons. The quantitative estimate of drug-likeness (QED) is 0.119. The molecule has 0 bridgehead atoms. The Morgan fingerprint density at radius 1 is 1.02 bits per heavy atom. The summed E-state index contributed by atoms with van der Waals surface area (Å²) < 4.78 is 59.2. The SMILES string of the molecule is COCc1ccc(-c2ccc3nc(C(c4nnc(CNNS(=O)O)o4)S(=O)(=O)Cc4cc(Cl)cc(Cl)c4)sc3c2)cc1. The fourth-order valence-corrected chi connectivity index (χ4v) is 8.13. The Balaban J connectivity index is 1.52. The molecule has 2 unspecified atom stereocenters. The van der Waals surface area contributed by atoms with E-state index in [0.29, 0.717) is 27.7 Å². The minimum Gasteiger partial charge on any atom is -0.422 e. The lowest BCUT2D eigenvalue weighted by Gasteiger charge is -2.12. The zero-order valence-corrected chi connectivity index (χ0v) is 25.7. The average Bonchev–Trinajstić information content (AvgIpc) is 3.54. The highest BCUT2D eigenvalue weighted by Gasteiger charge is 2.37. The first kappa shape index (κ1) is 30.7. The highest BCUT2D eigenvalue weighted by Crippen LogP contribution is 2.38. The van der Waals surface area contributed by atoms with Crippen molar-refractivity contribution in [1.29, 1.82) is 0 Å². The lowest BCUT2D eigenvalue weighted by molar-refractivity contribution is 0.185. The number of sulfone groups is 1. The van der Waals surface area contributed by atoms with Gasteiger partial charge in [0.2, 0.25) is 23.0 Å². The Morgan fingerprint density at radius 2 is 1.74 bits per heavy atom. The van der Waals surface area contributed by atoms with E-state index in [2.05, 4.69) is 25.4 Å². The Bertz CT molecular complexity index is 1830. The van der Waals surface area contributed by atoms with E-state index < -0.39 is 32.1 Å². The molecular formula is C26H23Cl2N5O6S3. The highest BCUT2D eigenvalue weighted by molar-refractivity contribution is 7.91. The van der Waals surface area contributed by atoms with Gasteiger partial charge in [0.05, 0.1) is 29.1 Å². The standard InChI is InChI=1S/C26H23Cl2N5O6S3/c1-38-13-15-2-4-17(5-3-15)18-6-7-21-22(10-18)40-26(30-21)24(25-32-31-23(39-25)12-29-33-41(34)35)42(36,37)14-16-8-19(27)11-20(28)9-16/h2-11,24,29,33H,12-14H2,1H3,(H,34,35). The third-order valence-electron chi connectivity index (χ3n) is 5.98. The van der Waals surface area contributed by atoms with Crippen molar-refractivity contribution in [2.75, 3.05) is 7.11 Å². The second kappa shape index (κ2) is 13.2.